The molecular weight excluding hydrogens is 206 g/mol. The van der Waals surface area contributed by atoms with E-state index in [2.05, 4.69) is 11.4 Å². The Hall–Kier alpha value is -1.48. The summed E-state index contributed by atoms with van der Waals surface area (Å²) in [5.41, 5.74) is 1.72. The van der Waals surface area contributed by atoms with Gasteiger partial charge in [0, 0.05) is 21.5 Å². The van der Waals surface area contributed by atoms with Crippen molar-refractivity contribution in [1.82, 2.24) is 0 Å². The van der Waals surface area contributed by atoms with Gasteiger partial charge in [-0.1, -0.05) is 12.1 Å². The van der Waals surface area contributed by atoms with Crippen LogP contribution in [-0.2, 0) is 0 Å². The van der Waals surface area contributed by atoms with E-state index >= 15 is 0 Å². The zero-order valence-electron chi connectivity index (χ0n) is 8.20. The molecule has 0 fully saturated rings. The first-order valence-corrected chi connectivity index (χ1v) is 5.95. The predicted octanol–water partition coefficient (Wildman–Crippen LogP) is 3.13. The van der Waals surface area contributed by atoms with Crippen LogP contribution in [0.5, 0.6) is 0 Å². The minimum absolute atomic E-state index is 0.00820. The first-order chi connectivity index (χ1) is 7.31. The number of amides is 1. The molecular formula is C12H9NOS. The molecule has 3 heteroatoms. The second-order valence-electron chi connectivity index (χ2n) is 3.50. The Morgan fingerprint density at radius 1 is 1.20 bits per heavy atom. The number of rotatable bonds is 1. The molecule has 1 amide bonds. The van der Waals surface area contributed by atoms with E-state index in [1.807, 2.05) is 30.5 Å². The third-order valence-corrected chi connectivity index (χ3v) is 3.51. The molecule has 0 unspecified atom stereocenters. The summed E-state index contributed by atoms with van der Waals surface area (Å²) >= 11 is 1.71. The topological polar surface area (TPSA) is 29.1 Å². The number of carbonyl (C=O) groups is 1. The van der Waals surface area contributed by atoms with Crippen molar-refractivity contribution in [2.45, 2.75) is 4.90 Å². The lowest BCUT2D eigenvalue weighted by atomic mass is 10.1. The van der Waals surface area contributed by atoms with Gasteiger partial charge in [0.25, 0.3) is 5.91 Å². The lowest BCUT2D eigenvalue weighted by molar-refractivity contribution is 0.103. The Bertz CT molecular complexity index is 577. The van der Waals surface area contributed by atoms with E-state index in [1.165, 1.54) is 4.90 Å². The fourth-order valence-electron chi connectivity index (χ4n) is 2.04. The van der Waals surface area contributed by atoms with E-state index in [9.17, 15) is 4.79 Å². The normalized spacial score (nSPS) is 13.3. The molecule has 1 N–H and O–H groups in total. The van der Waals surface area contributed by atoms with Gasteiger partial charge in [-0.25, -0.2) is 0 Å². The van der Waals surface area contributed by atoms with Crippen molar-refractivity contribution in [1.29, 1.82) is 0 Å². The fraction of sp³-hybridized carbons (Fsp3) is 0.0833. The molecule has 0 bridgehead atoms. The first-order valence-electron chi connectivity index (χ1n) is 4.72. The molecule has 1 aliphatic rings. The second kappa shape index (κ2) is 3.00. The highest BCUT2D eigenvalue weighted by Gasteiger charge is 2.21. The van der Waals surface area contributed by atoms with Crippen molar-refractivity contribution in [2.75, 3.05) is 11.6 Å². The maximum atomic E-state index is 11.6. The van der Waals surface area contributed by atoms with Gasteiger partial charge < -0.3 is 5.32 Å². The van der Waals surface area contributed by atoms with E-state index in [0.717, 1.165) is 22.0 Å². The van der Waals surface area contributed by atoms with Crippen LogP contribution in [0.4, 0.5) is 5.69 Å². The second-order valence-corrected chi connectivity index (χ2v) is 4.35. The van der Waals surface area contributed by atoms with Gasteiger partial charge in [-0.2, -0.15) is 0 Å². The molecule has 15 heavy (non-hydrogen) atoms. The summed E-state index contributed by atoms with van der Waals surface area (Å²) in [4.78, 5) is 12.8. The number of anilines is 1. The standard InChI is InChI=1S/C12H9NOS/c1-15-10-6-5-8-11-7(10)3-2-4-9(11)13-12(8)14/h2-6H,1H3,(H,13,14). The van der Waals surface area contributed by atoms with E-state index in [4.69, 9.17) is 0 Å². The summed E-state index contributed by atoms with van der Waals surface area (Å²) in [6.45, 7) is 0. The van der Waals surface area contributed by atoms with Crippen molar-refractivity contribution in [3.63, 3.8) is 0 Å². The van der Waals surface area contributed by atoms with Crippen molar-refractivity contribution in [3.8, 4) is 0 Å². The van der Waals surface area contributed by atoms with Gasteiger partial charge in [0.2, 0.25) is 0 Å². The molecule has 2 nitrogen and oxygen atoms in total. The molecule has 0 saturated carbocycles. The number of benzene rings is 2. The first kappa shape index (κ1) is 8.80. The Labute approximate surface area is 91.7 Å². The van der Waals surface area contributed by atoms with Crippen LogP contribution in [0.1, 0.15) is 10.4 Å². The predicted molar refractivity (Wildman–Crippen MR) is 63.7 cm³/mol. The third-order valence-electron chi connectivity index (χ3n) is 2.71. The number of hydrogen-bond acceptors (Lipinski definition) is 2. The van der Waals surface area contributed by atoms with Crippen LogP contribution in [0.25, 0.3) is 10.8 Å². The fourth-order valence-corrected chi connectivity index (χ4v) is 2.64. The summed E-state index contributed by atoms with van der Waals surface area (Å²) in [6.07, 6.45) is 2.05. The van der Waals surface area contributed by atoms with E-state index in [0.29, 0.717) is 0 Å². The van der Waals surface area contributed by atoms with Crippen LogP contribution < -0.4 is 5.32 Å². The van der Waals surface area contributed by atoms with Gasteiger partial charge in [0.1, 0.15) is 0 Å². The molecule has 2 aromatic rings. The molecule has 0 aliphatic carbocycles. The van der Waals surface area contributed by atoms with Crippen molar-refractivity contribution < 1.29 is 4.79 Å². The van der Waals surface area contributed by atoms with Crippen molar-refractivity contribution in [3.05, 3.63) is 35.9 Å². The minimum Gasteiger partial charge on any atom is -0.321 e. The molecule has 0 saturated heterocycles. The average Bonchev–Trinajstić information content (AvgIpc) is 2.58. The monoisotopic (exact) mass is 215 g/mol. The molecule has 0 atom stereocenters. The summed E-state index contributed by atoms with van der Waals surface area (Å²) in [7, 11) is 0. The van der Waals surface area contributed by atoms with Gasteiger partial charge >= 0.3 is 0 Å². The van der Waals surface area contributed by atoms with Gasteiger partial charge in [0.15, 0.2) is 0 Å². The minimum atomic E-state index is 0.00820. The van der Waals surface area contributed by atoms with Gasteiger partial charge in [-0.3, -0.25) is 4.79 Å². The zero-order valence-corrected chi connectivity index (χ0v) is 9.02. The van der Waals surface area contributed by atoms with Crippen molar-refractivity contribution >= 4 is 34.1 Å². The molecule has 2 aromatic carbocycles. The molecule has 0 aromatic heterocycles. The van der Waals surface area contributed by atoms with Crippen LogP contribution in [-0.4, -0.2) is 12.2 Å². The highest BCUT2D eigenvalue weighted by atomic mass is 32.2. The summed E-state index contributed by atoms with van der Waals surface area (Å²) < 4.78 is 0. The summed E-state index contributed by atoms with van der Waals surface area (Å²) in [6, 6.07) is 9.90. The van der Waals surface area contributed by atoms with Crippen LogP contribution in [0.3, 0.4) is 0 Å². The van der Waals surface area contributed by atoms with E-state index < -0.39 is 0 Å². The van der Waals surface area contributed by atoms with Crippen molar-refractivity contribution in [2.24, 2.45) is 0 Å². The number of nitrogens with one attached hydrogen (secondary N) is 1. The van der Waals surface area contributed by atoms with E-state index in [-0.39, 0.29) is 5.91 Å². The highest BCUT2D eigenvalue weighted by molar-refractivity contribution is 7.98. The molecule has 3 rings (SSSR count). The molecule has 1 heterocycles. The Kier molecular flexibility index (Phi) is 1.76. The molecule has 0 spiro atoms. The number of carbonyl (C=O) groups excluding carboxylic acids is 1. The number of hydrogen-bond donors (Lipinski definition) is 1. The lowest BCUT2D eigenvalue weighted by Crippen LogP contribution is -2.03. The summed E-state index contributed by atoms with van der Waals surface area (Å²) in [5.74, 6) is 0.00820. The summed E-state index contributed by atoms with van der Waals surface area (Å²) in [5, 5.41) is 5.10. The lowest BCUT2D eigenvalue weighted by Gasteiger charge is -2.04. The maximum Gasteiger partial charge on any atom is 0.256 e. The molecule has 1 aliphatic heterocycles. The Balaban J connectivity index is 2.50. The van der Waals surface area contributed by atoms with Crippen LogP contribution in [0.15, 0.2) is 35.2 Å². The van der Waals surface area contributed by atoms with E-state index in [1.54, 1.807) is 11.8 Å². The van der Waals surface area contributed by atoms with Gasteiger partial charge in [-0.15, -0.1) is 11.8 Å². The van der Waals surface area contributed by atoms with Crippen LogP contribution in [0.2, 0.25) is 0 Å². The largest absolute Gasteiger partial charge is 0.321 e. The smallest absolute Gasteiger partial charge is 0.256 e. The van der Waals surface area contributed by atoms with Crippen LogP contribution >= 0.6 is 11.8 Å². The van der Waals surface area contributed by atoms with Crippen LogP contribution in [0, 0.1) is 0 Å². The molecule has 74 valence electrons. The Morgan fingerprint density at radius 3 is 2.87 bits per heavy atom. The quantitative estimate of drug-likeness (QED) is 0.740. The average molecular weight is 215 g/mol. The molecule has 0 radical (unpaired) electrons. The number of thioether (sulfide) groups is 1. The highest BCUT2D eigenvalue weighted by Crippen LogP contribution is 2.37. The van der Waals surface area contributed by atoms with Gasteiger partial charge in [0.05, 0.1) is 0 Å². The SMILES string of the molecule is CSc1ccc2c3c(cccc13)NC2=O. The van der Waals surface area contributed by atoms with Gasteiger partial charge in [-0.05, 0) is 29.8 Å². The Morgan fingerprint density at radius 2 is 2.07 bits per heavy atom. The third kappa shape index (κ3) is 1.10. The zero-order chi connectivity index (χ0) is 10.4. The maximum absolute atomic E-state index is 11.6.